The highest BCUT2D eigenvalue weighted by molar-refractivity contribution is 5.37. The van der Waals surface area contributed by atoms with Crippen molar-refractivity contribution in [1.82, 2.24) is 10.3 Å². The summed E-state index contributed by atoms with van der Waals surface area (Å²) in [6.07, 6.45) is 6.12. The molecular weight excluding hydrogens is 232 g/mol. The summed E-state index contributed by atoms with van der Waals surface area (Å²) in [5, 5.41) is 3.75. The maximum Gasteiger partial charge on any atom is 0.0331 e. The molecule has 1 aromatic carbocycles. The average Bonchev–Trinajstić information content (AvgIpc) is 2.82. The van der Waals surface area contributed by atoms with Gasteiger partial charge in [-0.05, 0) is 55.5 Å². The van der Waals surface area contributed by atoms with E-state index >= 15 is 0 Å². The molecule has 2 heteroatoms. The molecule has 1 heterocycles. The van der Waals surface area contributed by atoms with Gasteiger partial charge in [0.1, 0.15) is 0 Å². The van der Waals surface area contributed by atoms with Crippen LogP contribution < -0.4 is 5.32 Å². The second-order valence-corrected chi connectivity index (χ2v) is 5.46. The summed E-state index contributed by atoms with van der Waals surface area (Å²) in [4.78, 5) is 4.08. The lowest BCUT2D eigenvalue weighted by Crippen LogP contribution is -2.23. The highest BCUT2D eigenvalue weighted by Crippen LogP contribution is 2.33. The van der Waals surface area contributed by atoms with E-state index < -0.39 is 0 Å². The first-order chi connectivity index (χ1) is 9.24. The predicted octanol–water partition coefficient (Wildman–Crippen LogP) is 3.73. The standard InChI is InChI=1S/C17H20N2/c1-12-3-4-15-5-6-17(16(15)11-12)19-13(2)14-7-9-18-10-8-14/h3-4,7-11,13,17,19H,5-6H2,1-2H3. The van der Waals surface area contributed by atoms with Crippen molar-refractivity contribution in [2.24, 2.45) is 0 Å². The summed E-state index contributed by atoms with van der Waals surface area (Å²) in [7, 11) is 0. The lowest BCUT2D eigenvalue weighted by Gasteiger charge is -2.21. The highest BCUT2D eigenvalue weighted by Gasteiger charge is 2.23. The molecule has 19 heavy (non-hydrogen) atoms. The van der Waals surface area contributed by atoms with E-state index in [1.54, 1.807) is 0 Å². The van der Waals surface area contributed by atoms with Gasteiger partial charge in [-0.2, -0.15) is 0 Å². The minimum atomic E-state index is 0.361. The van der Waals surface area contributed by atoms with Gasteiger partial charge in [-0.1, -0.05) is 23.8 Å². The Morgan fingerprint density at radius 3 is 2.79 bits per heavy atom. The van der Waals surface area contributed by atoms with Crippen LogP contribution in [0.3, 0.4) is 0 Å². The van der Waals surface area contributed by atoms with E-state index in [1.165, 1.54) is 35.1 Å². The largest absolute Gasteiger partial charge is 0.303 e. The number of benzene rings is 1. The second-order valence-electron chi connectivity index (χ2n) is 5.46. The number of aryl methyl sites for hydroxylation is 2. The van der Waals surface area contributed by atoms with E-state index in [0.717, 1.165) is 0 Å². The fraction of sp³-hybridized carbons (Fsp3) is 0.353. The zero-order chi connectivity index (χ0) is 13.2. The van der Waals surface area contributed by atoms with Crippen LogP contribution in [0, 0.1) is 6.92 Å². The van der Waals surface area contributed by atoms with Gasteiger partial charge in [-0.15, -0.1) is 0 Å². The van der Waals surface area contributed by atoms with E-state index in [0.29, 0.717) is 12.1 Å². The second kappa shape index (κ2) is 5.14. The Hall–Kier alpha value is -1.67. The molecular formula is C17H20N2. The number of hydrogen-bond acceptors (Lipinski definition) is 2. The van der Waals surface area contributed by atoms with Gasteiger partial charge in [0.05, 0.1) is 0 Å². The lowest BCUT2D eigenvalue weighted by molar-refractivity contribution is 0.464. The van der Waals surface area contributed by atoms with Crippen molar-refractivity contribution in [3.05, 3.63) is 65.0 Å². The number of rotatable bonds is 3. The van der Waals surface area contributed by atoms with E-state index in [1.807, 2.05) is 12.4 Å². The van der Waals surface area contributed by atoms with Crippen molar-refractivity contribution in [2.75, 3.05) is 0 Å². The zero-order valence-corrected chi connectivity index (χ0v) is 11.6. The number of pyridine rings is 1. The van der Waals surface area contributed by atoms with E-state index in [2.05, 4.69) is 54.5 Å². The van der Waals surface area contributed by atoms with Gasteiger partial charge in [-0.25, -0.2) is 0 Å². The Labute approximate surface area is 114 Å². The molecule has 1 aromatic heterocycles. The third kappa shape index (κ3) is 2.54. The smallest absolute Gasteiger partial charge is 0.0331 e. The fourth-order valence-electron chi connectivity index (χ4n) is 2.94. The van der Waals surface area contributed by atoms with Crippen molar-refractivity contribution in [3.8, 4) is 0 Å². The van der Waals surface area contributed by atoms with Crippen LogP contribution in [0.15, 0.2) is 42.7 Å². The Morgan fingerprint density at radius 2 is 2.00 bits per heavy atom. The van der Waals surface area contributed by atoms with Gasteiger partial charge in [0.25, 0.3) is 0 Å². The monoisotopic (exact) mass is 252 g/mol. The van der Waals surface area contributed by atoms with Crippen molar-refractivity contribution in [3.63, 3.8) is 0 Å². The lowest BCUT2D eigenvalue weighted by atomic mass is 10.0. The molecule has 2 unspecified atom stereocenters. The molecule has 0 radical (unpaired) electrons. The zero-order valence-electron chi connectivity index (χ0n) is 11.6. The molecule has 1 N–H and O–H groups in total. The molecule has 2 aromatic rings. The number of nitrogens with zero attached hydrogens (tertiary/aromatic N) is 1. The van der Waals surface area contributed by atoms with Crippen LogP contribution in [0.5, 0.6) is 0 Å². The predicted molar refractivity (Wildman–Crippen MR) is 78.0 cm³/mol. The Morgan fingerprint density at radius 1 is 1.21 bits per heavy atom. The highest BCUT2D eigenvalue weighted by atomic mass is 15.0. The summed E-state index contributed by atoms with van der Waals surface area (Å²) >= 11 is 0. The molecule has 0 aliphatic heterocycles. The Balaban J connectivity index is 1.78. The third-order valence-electron chi connectivity index (χ3n) is 4.04. The topological polar surface area (TPSA) is 24.9 Å². The number of aromatic nitrogens is 1. The molecule has 0 spiro atoms. The maximum absolute atomic E-state index is 4.08. The fourth-order valence-corrected chi connectivity index (χ4v) is 2.94. The van der Waals surface area contributed by atoms with E-state index in [9.17, 15) is 0 Å². The van der Waals surface area contributed by atoms with Crippen LogP contribution in [-0.4, -0.2) is 4.98 Å². The van der Waals surface area contributed by atoms with Crippen molar-refractivity contribution in [1.29, 1.82) is 0 Å². The molecule has 2 atom stereocenters. The first-order valence-electron chi connectivity index (χ1n) is 6.99. The van der Waals surface area contributed by atoms with Crippen LogP contribution in [0.1, 0.15) is 47.7 Å². The van der Waals surface area contributed by atoms with Crippen LogP contribution in [0.2, 0.25) is 0 Å². The molecule has 1 aliphatic rings. The van der Waals surface area contributed by atoms with Gasteiger partial charge in [0, 0.05) is 24.5 Å². The van der Waals surface area contributed by atoms with Crippen molar-refractivity contribution < 1.29 is 0 Å². The van der Waals surface area contributed by atoms with Crippen LogP contribution in [0.25, 0.3) is 0 Å². The van der Waals surface area contributed by atoms with Gasteiger partial charge < -0.3 is 5.32 Å². The quantitative estimate of drug-likeness (QED) is 0.900. The van der Waals surface area contributed by atoms with Gasteiger partial charge in [0.15, 0.2) is 0 Å². The summed E-state index contributed by atoms with van der Waals surface area (Å²) in [6, 6.07) is 11.8. The molecule has 3 rings (SSSR count). The summed E-state index contributed by atoms with van der Waals surface area (Å²) < 4.78 is 0. The molecule has 1 aliphatic carbocycles. The first kappa shape index (κ1) is 12.4. The summed E-state index contributed by atoms with van der Waals surface area (Å²) in [5.74, 6) is 0. The first-order valence-corrected chi connectivity index (χ1v) is 6.99. The van der Waals surface area contributed by atoms with Gasteiger partial charge in [0.2, 0.25) is 0 Å². The molecule has 0 fully saturated rings. The van der Waals surface area contributed by atoms with Crippen molar-refractivity contribution in [2.45, 2.75) is 38.8 Å². The molecule has 98 valence electrons. The summed E-state index contributed by atoms with van der Waals surface area (Å²) in [6.45, 7) is 4.39. The van der Waals surface area contributed by atoms with Crippen LogP contribution in [0.4, 0.5) is 0 Å². The SMILES string of the molecule is Cc1ccc2c(c1)C(NC(C)c1ccncc1)CC2. The van der Waals surface area contributed by atoms with Crippen molar-refractivity contribution >= 4 is 0 Å². The van der Waals surface area contributed by atoms with Crippen LogP contribution >= 0.6 is 0 Å². The Bertz CT molecular complexity index is 563. The molecule has 0 saturated carbocycles. The molecule has 0 bridgehead atoms. The number of hydrogen-bond donors (Lipinski definition) is 1. The molecule has 0 amide bonds. The number of fused-ring (bicyclic) bond motifs is 1. The van der Waals surface area contributed by atoms with E-state index in [4.69, 9.17) is 0 Å². The minimum absolute atomic E-state index is 0.361. The average molecular weight is 252 g/mol. The third-order valence-corrected chi connectivity index (χ3v) is 4.04. The van der Waals surface area contributed by atoms with Gasteiger partial charge in [-0.3, -0.25) is 4.98 Å². The molecule has 0 saturated heterocycles. The normalized spacial score (nSPS) is 19.2. The van der Waals surface area contributed by atoms with Gasteiger partial charge >= 0.3 is 0 Å². The maximum atomic E-state index is 4.08. The van der Waals surface area contributed by atoms with E-state index in [-0.39, 0.29) is 0 Å². The minimum Gasteiger partial charge on any atom is -0.303 e. The van der Waals surface area contributed by atoms with Crippen LogP contribution in [-0.2, 0) is 6.42 Å². The summed E-state index contributed by atoms with van der Waals surface area (Å²) in [5.41, 5.74) is 5.64. The number of nitrogens with one attached hydrogen (secondary N) is 1. The Kier molecular flexibility index (Phi) is 3.34. The molecule has 2 nitrogen and oxygen atoms in total.